The second kappa shape index (κ2) is 4.37. The Labute approximate surface area is 72.0 Å². The lowest BCUT2D eigenvalue weighted by Gasteiger charge is -1.97. The van der Waals surface area contributed by atoms with Crippen LogP contribution in [0, 0.1) is 0 Å². The van der Waals surface area contributed by atoms with Crippen LogP contribution in [0.3, 0.4) is 0 Å². The molecule has 1 N–H and O–H groups in total. The minimum atomic E-state index is -3.93. The number of carbonyl (C=O) groups excluding carboxylic acids is 1. The van der Waals surface area contributed by atoms with Crippen molar-refractivity contribution in [2.75, 3.05) is 5.75 Å². The van der Waals surface area contributed by atoms with Gasteiger partial charge in [-0.3, -0.25) is 9.35 Å². The fraction of sp³-hybridized carbons (Fsp3) is 0.571. The Morgan fingerprint density at radius 2 is 2.00 bits per heavy atom. The molecular weight excluding hydrogens is 180 g/mol. The fourth-order valence-corrected chi connectivity index (χ4v) is 1.14. The number of carbonyl (C=O) groups is 1. The molecule has 0 aliphatic rings. The summed E-state index contributed by atoms with van der Waals surface area (Å²) in [6.07, 6.45) is 0.264. The molecule has 0 unspecified atom stereocenters. The number of ketones is 1. The molecule has 0 saturated carbocycles. The van der Waals surface area contributed by atoms with Crippen LogP contribution in [0.2, 0.25) is 0 Å². The molecule has 12 heavy (non-hydrogen) atoms. The highest BCUT2D eigenvalue weighted by molar-refractivity contribution is 7.85. The van der Waals surface area contributed by atoms with Gasteiger partial charge in [-0.05, 0) is 18.9 Å². The van der Waals surface area contributed by atoms with E-state index in [1.807, 2.05) is 0 Å². The van der Waals surface area contributed by atoms with Crippen molar-refractivity contribution in [1.82, 2.24) is 0 Å². The lowest BCUT2D eigenvalue weighted by Crippen LogP contribution is -2.07. The van der Waals surface area contributed by atoms with Crippen LogP contribution < -0.4 is 0 Å². The van der Waals surface area contributed by atoms with Crippen LogP contribution in [0.1, 0.15) is 19.8 Å². The summed E-state index contributed by atoms with van der Waals surface area (Å²) in [6.45, 7) is 4.97. The lowest BCUT2D eigenvalue weighted by molar-refractivity contribution is -0.115. The van der Waals surface area contributed by atoms with Crippen LogP contribution in [-0.4, -0.2) is 24.5 Å². The molecule has 0 saturated heterocycles. The summed E-state index contributed by atoms with van der Waals surface area (Å²) >= 11 is 0. The standard InChI is InChI=1S/C7H12O4S/c1-6(2)7(8)4-3-5-12(9,10)11/h1,3-5H2,2H3,(H,9,10,11). The predicted molar refractivity (Wildman–Crippen MR) is 45.5 cm³/mol. The molecule has 70 valence electrons. The normalized spacial score (nSPS) is 11.2. The molecule has 0 aromatic heterocycles. The average molecular weight is 192 g/mol. The van der Waals surface area contributed by atoms with Crippen molar-refractivity contribution in [3.8, 4) is 0 Å². The first-order chi connectivity index (χ1) is 5.33. The molecule has 0 radical (unpaired) electrons. The Hall–Kier alpha value is -0.680. The highest BCUT2D eigenvalue weighted by Crippen LogP contribution is 2.00. The van der Waals surface area contributed by atoms with Crippen LogP contribution in [0.5, 0.6) is 0 Å². The molecule has 5 heteroatoms. The second-order valence-electron chi connectivity index (χ2n) is 2.59. The minimum absolute atomic E-state index is 0.120. The molecule has 0 spiro atoms. The molecule has 0 aliphatic carbocycles. The van der Waals surface area contributed by atoms with Gasteiger partial charge < -0.3 is 0 Å². The van der Waals surface area contributed by atoms with Crippen LogP contribution in [-0.2, 0) is 14.9 Å². The van der Waals surface area contributed by atoms with Gasteiger partial charge >= 0.3 is 0 Å². The molecular formula is C7H12O4S. The lowest BCUT2D eigenvalue weighted by atomic mass is 10.1. The SMILES string of the molecule is C=C(C)C(=O)CCCS(=O)(=O)O. The quantitative estimate of drug-likeness (QED) is 0.516. The van der Waals surface area contributed by atoms with Gasteiger partial charge in [-0.1, -0.05) is 6.58 Å². The summed E-state index contributed by atoms with van der Waals surface area (Å²) in [5.41, 5.74) is 0.408. The van der Waals surface area contributed by atoms with Crippen molar-refractivity contribution in [2.24, 2.45) is 0 Å². The molecule has 0 atom stereocenters. The van der Waals surface area contributed by atoms with Gasteiger partial charge in [0.1, 0.15) is 0 Å². The van der Waals surface area contributed by atoms with E-state index in [0.717, 1.165) is 0 Å². The minimum Gasteiger partial charge on any atom is -0.295 e. The number of allylic oxidation sites excluding steroid dienone is 1. The van der Waals surface area contributed by atoms with Crippen molar-refractivity contribution in [1.29, 1.82) is 0 Å². The third-order valence-corrected chi connectivity index (χ3v) is 2.09. The zero-order chi connectivity index (χ0) is 9.78. The van der Waals surface area contributed by atoms with E-state index >= 15 is 0 Å². The van der Waals surface area contributed by atoms with Crippen molar-refractivity contribution in [3.05, 3.63) is 12.2 Å². The van der Waals surface area contributed by atoms with Crippen molar-refractivity contribution < 1.29 is 17.8 Å². The van der Waals surface area contributed by atoms with Gasteiger partial charge in [0.05, 0.1) is 5.75 Å². The highest BCUT2D eigenvalue weighted by atomic mass is 32.2. The third-order valence-electron chi connectivity index (χ3n) is 1.28. The maximum Gasteiger partial charge on any atom is 0.264 e. The predicted octanol–water partition coefficient (Wildman–Crippen LogP) is 0.800. The van der Waals surface area contributed by atoms with Crippen LogP contribution >= 0.6 is 0 Å². The Bertz CT molecular complexity index is 276. The Morgan fingerprint density at radius 1 is 1.50 bits per heavy atom. The zero-order valence-electron chi connectivity index (χ0n) is 6.91. The molecule has 0 aromatic rings. The van der Waals surface area contributed by atoms with Gasteiger partial charge in [-0.15, -0.1) is 0 Å². The summed E-state index contributed by atoms with van der Waals surface area (Å²) < 4.78 is 28.7. The van der Waals surface area contributed by atoms with Gasteiger partial charge in [0.15, 0.2) is 5.78 Å². The molecule has 0 amide bonds. The third kappa shape index (κ3) is 6.06. The van der Waals surface area contributed by atoms with Crippen LogP contribution in [0.25, 0.3) is 0 Å². The molecule has 0 rings (SSSR count). The molecule has 0 heterocycles. The average Bonchev–Trinajstić information content (AvgIpc) is 1.84. The number of hydrogen-bond donors (Lipinski definition) is 1. The van der Waals surface area contributed by atoms with E-state index in [9.17, 15) is 13.2 Å². The number of rotatable bonds is 5. The topological polar surface area (TPSA) is 71.4 Å². The first kappa shape index (κ1) is 11.3. The number of hydrogen-bond acceptors (Lipinski definition) is 3. The van der Waals surface area contributed by atoms with E-state index < -0.39 is 10.1 Å². The van der Waals surface area contributed by atoms with Crippen LogP contribution in [0.15, 0.2) is 12.2 Å². The number of Topliss-reactive ketones (excluding diaryl/α,β-unsaturated/α-hetero) is 1. The Morgan fingerprint density at radius 3 is 2.33 bits per heavy atom. The molecule has 0 fully saturated rings. The molecule has 4 nitrogen and oxygen atoms in total. The summed E-state index contributed by atoms with van der Waals surface area (Å²) in [5.74, 6) is -0.537. The van der Waals surface area contributed by atoms with E-state index in [0.29, 0.717) is 5.57 Å². The highest BCUT2D eigenvalue weighted by Gasteiger charge is 2.07. The van der Waals surface area contributed by atoms with E-state index in [2.05, 4.69) is 6.58 Å². The van der Waals surface area contributed by atoms with Crippen molar-refractivity contribution in [3.63, 3.8) is 0 Å². The van der Waals surface area contributed by atoms with Gasteiger partial charge in [-0.25, -0.2) is 0 Å². The van der Waals surface area contributed by atoms with Crippen molar-refractivity contribution >= 4 is 15.9 Å². The van der Waals surface area contributed by atoms with Gasteiger partial charge in [0.2, 0.25) is 0 Å². The van der Waals surface area contributed by atoms with Gasteiger partial charge in [0, 0.05) is 6.42 Å². The van der Waals surface area contributed by atoms with Crippen molar-refractivity contribution in [2.45, 2.75) is 19.8 Å². The maximum atomic E-state index is 10.9. The second-order valence-corrected chi connectivity index (χ2v) is 4.17. The Kier molecular flexibility index (Phi) is 4.12. The van der Waals surface area contributed by atoms with E-state index in [-0.39, 0.29) is 24.4 Å². The smallest absolute Gasteiger partial charge is 0.264 e. The summed E-state index contributed by atoms with van der Waals surface area (Å²) in [6, 6.07) is 0. The van der Waals surface area contributed by atoms with E-state index in [1.54, 1.807) is 6.92 Å². The Balaban J connectivity index is 3.73. The zero-order valence-corrected chi connectivity index (χ0v) is 7.73. The summed E-state index contributed by atoms with van der Waals surface area (Å²) in [4.78, 5) is 10.9. The molecule has 0 bridgehead atoms. The van der Waals surface area contributed by atoms with Gasteiger partial charge in [0.25, 0.3) is 10.1 Å². The van der Waals surface area contributed by atoms with E-state index in [4.69, 9.17) is 4.55 Å². The maximum absolute atomic E-state index is 10.9. The first-order valence-corrected chi connectivity index (χ1v) is 5.07. The summed E-state index contributed by atoms with van der Waals surface area (Å²) in [5, 5.41) is 0. The van der Waals surface area contributed by atoms with Gasteiger partial charge in [-0.2, -0.15) is 8.42 Å². The fourth-order valence-electron chi connectivity index (χ4n) is 0.629. The monoisotopic (exact) mass is 192 g/mol. The van der Waals surface area contributed by atoms with Crippen LogP contribution in [0.4, 0.5) is 0 Å². The van der Waals surface area contributed by atoms with E-state index in [1.165, 1.54) is 0 Å². The largest absolute Gasteiger partial charge is 0.295 e. The first-order valence-electron chi connectivity index (χ1n) is 3.47. The molecule has 0 aliphatic heterocycles. The molecule has 0 aromatic carbocycles. The summed E-state index contributed by atoms with van der Waals surface area (Å²) in [7, 11) is -3.93.